The van der Waals surface area contributed by atoms with E-state index in [-0.39, 0.29) is 6.54 Å². The second kappa shape index (κ2) is 7.06. The Morgan fingerprint density at radius 3 is 2.55 bits per heavy atom. The molecule has 0 atom stereocenters. The molecule has 2 heterocycles. The number of rotatable bonds is 3. The molecule has 29 heavy (non-hydrogen) atoms. The van der Waals surface area contributed by atoms with Crippen molar-refractivity contribution in [2.24, 2.45) is 5.73 Å². The number of benzene rings is 1. The Morgan fingerprint density at radius 1 is 1.24 bits per heavy atom. The van der Waals surface area contributed by atoms with Gasteiger partial charge in [-0.3, -0.25) is 9.48 Å². The van der Waals surface area contributed by atoms with Crippen molar-refractivity contribution in [1.29, 1.82) is 0 Å². The van der Waals surface area contributed by atoms with Crippen molar-refractivity contribution >= 4 is 23.6 Å². The summed E-state index contributed by atoms with van der Waals surface area (Å²) < 4.78 is 7.21. The minimum atomic E-state index is -0.591. The molecule has 154 valence electrons. The summed E-state index contributed by atoms with van der Waals surface area (Å²) in [5, 5.41) is 5.30. The number of carbonyl (C=O) groups is 2. The number of aromatic nitrogens is 2. The van der Waals surface area contributed by atoms with Gasteiger partial charge in [0.15, 0.2) is 0 Å². The fraction of sp³-hybridized carbons (Fsp3) is 0.476. The fourth-order valence-electron chi connectivity index (χ4n) is 3.66. The molecule has 1 aliphatic carbocycles. The Hall–Kier alpha value is -2.54. The van der Waals surface area contributed by atoms with Crippen LogP contribution in [0.2, 0.25) is 5.02 Å². The van der Waals surface area contributed by atoms with Crippen molar-refractivity contribution in [2.75, 3.05) is 6.54 Å². The average molecular weight is 417 g/mol. The van der Waals surface area contributed by atoms with Crippen LogP contribution >= 0.6 is 11.6 Å². The lowest BCUT2D eigenvalue weighted by molar-refractivity contribution is 0.0193. The molecule has 0 radical (unpaired) electrons. The first-order valence-corrected chi connectivity index (χ1v) is 10.2. The highest BCUT2D eigenvalue weighted by atomic mass is 35.5. The summed E-state index contributed by atoms with van der Waals surface area (Å²) >= 11 is 6.48. The molecule has 0 bridgehead atoms. The Labute approximate surface area is 174 Å². The van der Waals surface area contributed by atoms with Crippen molar-refractivity contribution in [2.45, 2.75) is 58.2 Å². The van der Waals surface area contributed by atoms with Gasteiger partial charge in [-0.05, 0) is 51.2 Å². The predicted molar refractivity (Wildman–Crippen MR) is 110 cm³/mol. The number of nitrogens with two attached hydrogens (primary N) is 1. The number of nitrogens with zero attached hydrogens (tertiary/aromatic N) is 3. The quantitative estimate of drug-likeness (QED) is 0.820. The number of hydrogen-bond acceptors (Lipinski definition) is 4. The third-order valence-electron chi connectivity index (χ3n) is 5.17. The maximum atomic E-state index is 12.5. The molecule has 8 heteroatoms. The second-order valence-corrected chi connectivity index (χ2v) is 9.08. The monoisotopic (exact) mass is 416 g/mol. The summed E-state index contributed by atoms with van der Waals surface area (Å²) in [6, 6.07) is 5.79. The van der Waals surface area contributed by atoms with E-state index in [0.29, 0.717) is 41.0 Å². The molecule has 1 saturated carbocycles. The van der Waals surface area contributed by atoms with Crippen molar-refractivity contribution in [3.8, 4) is 11.3 Å². The molecule has 0 spiro atoms. The number of amides is 2. The topological polar surface area (TPSA) is 90.4 Å². The highest BCUT2D eigenvalue weighted by Crippen LogP contribution is 2.44. The van der Waals surface area contributed by atoms with E-state index in [2.05, 4.69) is 5.10 Å². The van der Waals surface area contributed by atoms with Gasteiger partial charge in [0.05, 0.1) is 24.3 Å². The number of hydrogen-bond donors (Lipinski definition) is 1. The van der Waals surface area contributed by atoms with Crippen LogP contribution in [-0.4, -0.2) is 38.8 Å². The third kappa shape index (κ3) is 3.96. The molecule has 1 aliphatic heterocycles. The van der Waals surface area contributed by atoms with Gasteiger partial charge >= 0.3 is 6.09 Å². The molecule has 7 nitrogen and oxygen atoms in total. The van der Waals surface area contributed by atoms with E-state index in [1.165, 1.54) is 0 Å². The molecule has 0 unspecified atom stereocenters. The molecule has 4 rings (SSSR count). The van der Waals surface area contributed by atoms with Crippen LogP contribution < -0.4 is 5.73 Å². The molecule has 2 aliphatic rings. The standard InChI is InChI=1S/C21H25ClN4O3/c1-21(2,3)29-20(28)25-8-9-26-16(11-25)17(19(23)27)18(24-26)13-6-7-14(12-4-5-12)15(22)10-13/h6-7,10,12H,4-5,8-9,11H2,1-3H3,(H2,23,27). The molecular weight excluding hydrogens is 392 g/mol. The van der Waals surface area contributed by atoms with Crippen LogP contribution in [0.5, 0.6) is 0 Å². The first kappa shape index (κ1) is 19.8. The summed E-state index contributed by atoms with van der Waals surface area (Å²) in [4.78, 5) is 26.3. The Morgan fingerprint density at radius 2 is 1.97 bits per heavy atom. The predicted octanol–water partition coefficient (Wildman–Crippen LogP) is 3.93. The molecule has 1 fully saturated rings. The Bertz CT molecular complexity index is 989. The zero-order chi connectivity index (χ0) is 20.9. The lowest BCUT2D eigenvalue weighted by Crippen LogP contribution is -2.42. The first-order valence-electron chi connectivity index (χ1n) is 9.81. The van der Waals surface area contributed by atoms with Crippen molar-refractivity contribution < 1.29 is 14.3 Å². The van der Waals surface area contributed by atoms with Crippen LogP contribution in [0, 0.1) is 0 Å². The SMILES string of the molecule is CC(C)(C)OC(=O)N1CCn2nc(-c3ccc(C4CC4)c(Cl)c3)c(C(N)=O)c2C1. The lowest BCUT2D eigenvalue weighted by Gasteiger charge is -2.30. The van der Waals surface area contributed by atoms with E-state index < -0.39 is 17.6 Å². The number of halogens is 1. The average Bonchev–Trinajstić information content (AvgIpc) is 3.38. The van der Waals surface area contributed by atoms with Crippen molar-refractivity contribution in [3.05, 3.63) is 40.0 Å². The van der Waals surface area contributed by atoms with E-state index in [4.69, 9.17) is 22.1 Å². The van der Waals surface area contributed by atoms with Crippen LogP contribution in [0.15, 0.2) is 18.2 Å². The molecule has 1 aromatic heterocycles. The van der Waals surface area contributed by atoms with Crippen LogP contribution in [0.4, 0.5) is 4.79 Å². The molecule has 0 saturated heterocycles. The number of carbonyl (C=O) groups excluding carboxylic acids is 2. The van der Waals surface area contributed by atoms with Gasteiger partial charge in [0, 0.05) is 17.1 Å². The summed E-state index contributed by atoms with van der Waals surface area (Å²) in [6.45, 7) is 6.59. The number of fused-ring (bicyclic) bond motifs is 1. The van der Waals surface area contributed by atoms with Gasteiger partial charge in [0.2, 0.25) is 0 Å². The van der Waals surface area contributed by atoms with E-state index in [0.717, 1.165) is 24.0 Å². The Balaban J connectivity index is 1.68. The first-order chi connectivity index (χ1) is 13.6. The largest absolute Gasteiger partial charge is 0.444 e. The van der Waals surface area contributed by atoms with Gasteiger partial charge in [-0.2, -0.15) is 5.10 Å². The normalized spacial score (nSPS) is 16.5. The highest BCUT2D eigenvalue weighted by molar-refractivity contribution is 6.31. The van der Waals surface area contributed by atoms with Gasteiger partial charge in [-0.15, -0.1) is 0 Å². The van der Waals surface area contributed by atoms with Gasteiger partial charge in [-0.25, -0.2) is 4.79 Å². The minimum absolute atomic E-state index is 0.216. The molecule has 1 aromatic carbocycles. The molecule has 2 N–H and O–H groups in total. The second-order valence-electron chi connectivity index (χ2n) is 8.67. The van der Waals surface area contributed by atoms with E-state index in [9.17, 15) is 9.59 Å². The van der Waals surface area contributed by atoms with Crippen LogP contribution in [0.3, 0.4) is 0 Å². The minimum Gasteiger partial charge on any atom is -0.444 e. The Kier molecular flexibility index (Phi) is 4.81. The van der Waals surface area contributed by atoms with Gasteiger partial charge in [0.1, 0.15) is 11.3 Å². The van der Waals surface area contributed by atoms with Crippen molar-refractivity contribution in [3.63, 3.8) is 0 Å². The number of primary amides is 1. The number of ether oxygens (including phenoxy) is 1. The van der Waals surface area contributed by atoms with Crippen molar-refractivity contribution in [1.82, 2.24) is 14.7 Å². The third-order valence-corrected chi connectivity index (χ3v) is 5.50. The van der Waals surface area contributed by atoms with Crippen LogP contribution in [0.25, 0.3) is 11.3 Å². The summed E-state index contributed by atoms with van der Waals surface area (Å²) in [6.07, 6.45) is 1.90. The fourth-order valence-corrected chi connectivity index (χ4v) is 4.00. The summed E-state index contributed by atoms with van der Waals surface area (Å²) in [5.74, 6) is -0.0422. The molecule has 2 aromatic rings. The highest BCUT2D eigenvalue weighted by Gasteiger charge is 2.32. The maximum absolute atomic E-state index is 12.5. The van der Waals surface area contributed by atoms with E-state index in [1.807, 2.05) is 39.0 Å². The summed E-state index contributed by atoms with van der Waals surface area (Å²) in [5.41, 5.74) is 8.45. The van der Waals surface area contributed by atoms with Gasteiger partial charge in [0.25, 0.3) is 5.91 Å². The maximum Gasteiger partial charge on any atom is 0.410 e. The smallest absolute Gasteiger partial charge is 0.410 e. The van der Waals surface area contributed by atoms with E-state index in [1.54, 1.807) is 9.58 Å². The van der Waals surface area contributed by atoms with E-state index >= 15 is 0 Å². The summed E-state index contributed by atoms with van der Waals surface area (Å²) in [7, 11) is 0. The van der Waals surface area contributed by atoms with Gasteiger partial charge < -0.3 is 15.4 Å². The molecule has 2 amide bonds. The zero-order valence-corrected chi connectivity index (χ0v) is 17.6. The zero-order valence-electron chi connectivity index (χ0n) is 16.9. The van der Waals surface area contributed by atoms with Crippen LogP contribution in [0.1, 0.15) is 61.1 Å². The van der Waals surface area contributed by atoms with Crippen LogP contribution in [-0.2, 0) is 17.8 Å². The lowest BCUT2D eigenvalue weighted by atomic mass is 10.0. The van der Waals surface area contributed by atoms with Gasteiger partial charge in [-0.1, -0.05) is 23.7 Å². The molecular formula is C21H25ClN4O3.